The number of amides is 2. The molecule has 23 heavy (non-hydrogen) atoms. The summed E-state index contributed by atoms with van der Waals surface area (Å²) in [6, 6.07) is 9.40. The molecule has 2 amide bonds. The van der Waals surface area contributed by atoms with E-state index in [-0.39, 0.29) is 12.5 Å². The number of hydrogen-bond acceptors (Lipinski definition) is 4. The van der Waals surface area contributed by atoms with E-state index in [2.05, 4.69) is 4.98 Å². The average molecular weight is 313 g/mol. The van der Waals surface area contributed by atoms with Crippen LogP contribution in [-0.2, 0) is 9.53 Å². The standard InChI is InChI=1S/C17H19N3O3/c1-23-11-17(16(18)22)8-4-10-20(17)15(21)14-13-6-3-2-5-12(13)7-9-19-14/h2-3,5-7,9H,4,8,10-11H2,1H3,(H2,18,22). The number of fused-ring (bicyclic) bond motifs is 1. The zero-order chi connectivity index (χ0) is 16.4. The minimum absolute atomic E-state index is 0.0961. The summed E-state index contributed by atoms with van der Waals surface area (Å²) in [6.45, 7) is 0.564. The quantitative estimate of drug-likeness (QED) is 0.923. The fourth-order valence-electron chi connectivity index (χ4n) is 3.31. The number of primary amides is 1. The van der Waals surface area contributed by atoms with Crippen molar-refractivity contribution >= 4 is 22.6 Å². The maximum atomic E-state index is 13.1. The van der Waals surface area contributed by atoms with Crippen LogP contribution in [0.5, 0.6) is 0 Å². The van der Waals surface area contributed by atoms with Crippen molar-refractivity contribution in [3.8, 4) is 0 Å². The van der Waals surface area contributed by atoms with Gasteiger partial charge in [-0.05, 0) is 24.3 Å². The number of ether oxygens (including phenoxy) is 1. The Morgan fingerprint density at radius 3 is 2.87 bits per heavy atom. The van der Waals surface area contributed by atoms with Crippen molar-refractivity contribution in [2.24, 2.45) is 5.73 Å². The van der Waals surface area contributed by atoms with Crippen LogP contribution in [0.1, 0.15) is 23.3 Å². The molecule has 6 nitrogen and oxygen atoms in total. The number of carbonyl (C=O) groups excluding carboxylic acids is 2. The second-order valence-electron chi connectivity index (χ2n) is 5.77. The highest BCUT2D eigenvalue weighted by Crippen LogP contribution is 2.32. The van der Waals surface area contributed by atoms with Crippen LogP contribution in [0.15, 0.2) is 36.5 Å². The van der Waals surface area contributed by atoms with Crippen molar-refractivity contribution < 1.29 is 14.3 Å². The Bertz CT molecular complexity index is 756. The summed E-state index contributed by atoms with van der Waals surface area (Å²) in [7, 11) is 1.50. The van der Waals surface area contributed by atoms with Gasteiger partial charge < -0.3 is 15.4 Å². The maximum absolute atomic E-state index is 13.1. The van der Waals surface area contributed by atoms with Gasteiger partial charge in [0, 0.05) is 25.2 Å². The molecule has 2 heterocycles. The van der Waals surface area contributed by atoms with Gasteiger partial charge in [-0.3, -0.25) is 14.6 Å². The Hall–Kier alpha value is -2.47. The van der Waals surface area contributed by atoms with Crippen LogP contribution in [0.25, 0.3) is 10.8 Å². The number of nitrogens with zero attached hydrogens (tertiary/aromatic N) is 2. The van der Waals surface area contributed by atoms with Gasteiger partial charge in [-0.2, -0.15) is 0 Å². The number of hydrogen-bond donors (Lipinski definition) is 1. The second kappa shape index (κ2) is 5.96. The first-order valence-corrected chi connectivity index (χ1v) is 7.55. The predicted octanol–water partition coefficient (Wildman–Crippen LogP) is 1.34. The van der Waals surface area contributed by atoms with Crippen molar-refractivity contribution in [1.82, 2.24) is 9.88 Å². The second-order valence-corrected chi connectivity index (χ2v) is 5.77. The fourth-order valence-corrected chi connectivity index (χ4v) is 3.31. The number of likely N-dealkylation sites (tertiary alicyclic amines) is 1. The van der Waals surface area contributed by atoms with Gasteiger partial charge in [0.25, 0.3) is 5.91 Å². The van der Waals surface area contributed by atoms with E-state index in [1.807, 2.05) is 30.3 Å². The maximum Gasteiger partial charge on any atom is 0.274 e. The first-order valence-electron chi connectivity index (χ1n) is 7.55. The Kier molecular flexibility index (Phi) is 4.00. The monoisotopic (exact) mass is 313 g/mol. The number of carbonyl (C=O) groups is 2. The van der Waals surface area contributed by atoms with Gasteiger partial charge in [0.05, 0.1) is 6.61 Å². The van der Waals surface area contributed by atoms with E-state index in [0.717, 1.165) is 10.8 Å². The van der Waals surface area contributed by atoms with Crippen molar-refractivity contribution in [2.45, 2.75) is 18.4 Å². The third-order valence-corrected chi connectivity index (χ3v) is 4.45. The molecule has 0 radical (unpaired) electrons. The van der Waals surface area contributed by atoms with E-state index >= 15 is 0 Å². The summed E-state index contributed by atoms with van der Waals surface area (Å²) in [6.07, 6.45) is 2.82. The minimum Gasteiger partial charge on any atom is -0.382 e. The number of nitrogens with two attached hydrogens (primary N) is 1. The Morgan fingerprint density at radius 2 is 2.13 bits per heavy atom. The molecule has 120 valence electrons. The molecule has 1 aromatic heterocycles. The van der Waals surface area contributed by atoms with Crippen molar-refractivity contribution in [3.05, 3.63) is 42.2 Å². The normalized spacial score (nSPS) is 20.8. The molecule has 1 atom stereocenters. The molecule has 1 aliphatic heterocycles. The topological polar surface area (TPSA) is 85.5 Å². The average Bonchev–Trinajstić information content (AvgIpc) is 2.99. The van der Waals surface area contributed by atoms with Gasteiger partial charge in [0.1, 0.15) is 11.2 Å². The van der Waals surface area contributed by atoms with Crippen LogP contribution in [0, 0.1) is 0 Å². The molecule has 2 N–H and O–H groups in total. The van der Waals surface area contributed by atoms with E-state index in [1.54, 1.807) is 6.20 Å². The molecule has 1 aromatic carbocycles. The molecule has 6 heteroatoms. The molecule has 1 saturated heterocycles. The molecule has 3 rings (SSSR count). The molecule has 0 bridgehead atoms. The largest absolute Gasteiger partial charge is 0.382 e. The molecule has 0 spiro atoms. The van der Waals surface area contributed by atoms with E-state index < -0.39 is 11.4 Å². The number of aromatic nitrogens is 1. The highest BCUT2D eigenvalue weighted by molar-refractivity contribution is 6.07. The van der Waals surface area contributed by atoms with Gasteiger partial charge in [0.2, 0.25) is 5.91 Å². The summed E-state index contributed by atoms with van der Waals surface area (Å²) in [5.41, 5.74) is 4.85. The Morgan fingerprint density at radius 1 is 1.35 bits per heavy atom. The molecule has 0 saturated carbocycles. The molecular formula is C17H19N3O3. The third kappa shape index (κ3) is 2.45. The number of methoxy groups -OCH3 is 1. The summed E-state index contributed by atoms with van der Waals surface area (Å²) in [4.78, 5) is 30.9. The van der Waals surface area contributed by atoms with E-state index in [1.165, 1.54) is 12.0 Å². The van der Waals surface area contributed by atoms with Crippen molar-refractivity contribution in [1.29, 1.82) is 0 Å². The van der Waals surface area contributed by atoms with Crippen LogP contribution in [0.2, 0.25) is 0 Å². The SMILES string of the molecule is COCC1(C(N)=O)CCCN1C(=O)c1nccc2ccccc12. The van der Waals surface area contributed by atoms with Crippen LogP contribution < -0.4 is 5.73 Å². The highest BCUT2D eigenvalue weighted by Gasteiger charge is 2.49. The third-order valence-electron chi connectivity index (χ3n) is 4.45. The molecule has 1 aliphatic rings. The first-order chi connectivity index (χ1) is 11.1. The highest BCUT2D eigenvalue weighted by atomic mass is 16.5. The summed E-state index contributed by atoms with van der Waals surface area (Å²) in [5, 5.41) is 1.70. The zero-order valence-electron chi connectivity index (χ0n) is 13.0. The van der Waals surface area contributed by atoms with Gasteiger partial charge in [-0.1, -0.05) is 24.3 Å². The van der Waals surface area contributed by atoms with E-state index in [0.29, 0.717) is 25.1 Å². The van der Waals surface area contributed by atoms with Crippen LogP contribution in [0.3, 0.4) is 0 Å². The minimum atomic E-state index is -1.09. The molecule has 1 fully saturated rings. The predicted molar refractivity (Wildman–Crippen MR) is 85.8 cm³/mol. The van der Waals surface area contributed by atoms with Crippen molar-refractivity contribution in [2.75, 3.05) is 20.3 Å². The van der Waals surface area contributed by atoms with Crippen molar-refractivity contribution in [3.63, 3.8) is 0 Å². The first kappa shape index (κ1) is 15.4. The summed E-state index contributed by atoms with van der Waals surface area (Å²) < 4.78 is 5.18. The van der Waals surface area contributed by atoms with Crippen LogP contribution >= 0.6 is 0 Å². The van der Waals surface area contributed by atoms with Gasteiger partial charge in [-0.25, -0.2) is 0 Å². The number of rotatable bonds is 4. The summed E-state index contributed by atoms with van der Waals surface area (Å²) >= 11 is 0. The fraction of sp³-hybridized carbons (Fsp3) is 0.353. The Labute approximate surface area is 134 Å². The van der Waals surface area contributed by atoms with Crippen LogP contribution in [-0.4, -0.2) is 47.5 Å². The smallest absolute Gasteiger partial charge is 0.274 e. The number of benzene rings is 1. The Balaban J connectivity index is 2.06. The lowest BCUT2D eigenvalue weighted by Crippen LogP contribution is -2.58. The lowest BCUT2D eigenvalue weighted by atomic mass is 9.95. The summed E-state index contributed by atoms with van der Waals surface area (Å²) in [5.74, 6) is -0.819. The number of pyridine rings is 1. The lowest BCUT2D eigenvalue weighted by molar-refractivity contribution is -0.130. The van der Waals surface area contributed by atoms with Crippen LogP contribution in [0.4, 0.5) is 0 Å². The van der Waals surface area contributed by atoms with Gasteiger partial charge in [-0.15, -0.1) is 0 Å². The molecule has 1 unspecified atom stereocenters. The molecular weight excluding hydrogens is 294 g/mol. The molecule has 0 aliphatic carbocycles. The van der Waals surface area contributed by atoms with E-state index in [9.17, 15) is 9.59 Å². The van der Waals surface area contributed by atoms with E-state index in [4.69, 9.17) is 10.5 Å². The van der Waals surface area contributed by atoms with Gasteiger partial charge >= 0.3 is 0 Å². The van der Waals surface area contributed by atoms with Gasteiger partial charge in [0.15, 0.2) is 0 Å². The lowest BCUT2D eigenvalue weighted by Gasteiger charge is -2.35. The molecule has 2 aromatic rings. The zero-order valence-corrected chi connectivity index (χ0v) is 13.0.